The summed E-state index contributed by atoms with van der Waals surface area (Å²) in [6.45, 7) is 5.67. The highest BCUT2D eigenvalue weighted by molar-refractivity contribution is 5.96. The molecule has 0 fully saturated rings. The summed E-state index contributed by atoms with van der Waals surface area (Å²) in [6, 6.07) is 26.6. The number of anilines is 4. The molecule has 0 bridgehead atoms. The minimum atomic E-state index is -4.63. The number of benzene rings is 4. The van der Waals surface area contributed by atoms with Crippen LogP contribution in [0.25, 0.3) is 22.5 Å². The smallest absolute Gasteiger partial charge is 0.416 e. The highest BCUT2D eigenvalue weighted by Crippen LogP contribution is 2.34. The largest absolute Gasteiger partial charge is 0.497 e. The Morgan fingerprint density at radius 2 is 1.07 bits per heavy atom. The Kier molecular flexibility index (Phi) is 12.0. The Labute approximate surface area is 315 Å². The predicted octanol–water partition coefficient (Wildman–Crippen LogP) is 10.3. The van der Waals surface area contributed by atoms with Crippen molar-refractivity contribution in [3.05, 3.63) is 143 Å². The van der Waals surface area contributed by atoms with Gasteiger partial charge in [-0.1, -0.05) is 35.9 Å². The summed E-state index contributed by atoms with van der Waals surface area (Å²) in [5.74, 6) is -0.969. The minimum Gasteiger partial charge on any atom is -0.497 e. The van der Waals surface area contributed by atoms with E-state index in [1.165, 1.54) is 6.20 Å². The maximum Gasteiger partial charge on any atom is 0.416 e. The van der Waals surface area contributed by atoms with Crippen LogP contribution in [-0.4, -0.2) is 46.3 Å². The number of pyridine rings is 2. The van der Waals surface area contributed by atoms with Crippen LogP contribution in [0.15, 0.2) is 109 Å². The van der Waals surface area contributed by atoms with Gasteiger partial charge in [0.15, 0.2) is 0 Å². The standard InChI is InChI=1S/C21H17F3N2O3.C21H20N2O3/c1-12-8-15(11-25-19(12)13-4-3-5-16(9-13)29-2)26-18-7-6-14(21(22,23)24)10-17(18)20(27)28;1-13-7-8-19(18(9-13)21(24)25)23-16-10-14(2)20(22-12-16)15-5-4-6-17(11-15)26-3/h3-11,26H,1-2H3,(H,27,28);4-12,23H,1-3H3,(H,24,25). The van der Waals surface area contributed by atoms with Gasteiger partial charge in [0.05, 0.1) is 77.4 Å². The number of carbonyl (C=O) groups is 2. The van der Waals surface area contributed by atoms with Crippen molar-refractivity contribution < 1.29 is 42.4 Å². The van der Waals surface area contributed by atoms with Crippen LogP contribution < -0.4 is 20.1 Å². The zero-order valence-electron chi connectivity index (χ0n) is 30.4. The minimum absolute atomic E-state index is 0.0424. The fraction of sp³-hybridized carbons (Fsp3) is 0.143. The van der Waals surface area contributed by atoms with Crippen LogP contribution in [-0.2, 0) is 6.18 Å². The molecule has 0 amide bonds. The quantitative estimate of drug-likeness (QED) is 0.107. The molecule has 0 spiro atoms. The van der Waals surface area contributed by atoms with E-state index >= 15 is 0 Å². The number of ether oxygens (including phenoxy) is 2. The van der Waals surface area contributed by atoms with E-state index in [2.05, 4.69) is 20.6 Å². The molecule has 4 aromatic carbocycles. The zero-order chi connectivity index (χ0) is 39.9. The lowest BCUT2D eigenvalue weighted by atomic mass is 10.1. The first-order valence-electron chi connectivity index (χ1n) is 16.7. The van der Waals surface area contributed by atoms with Gasteiger partial charge in [-0.3, -0.25) is 9.97 Å². The van der Waals surface area contributed by atoms with Crippen LogP contribution in [0.4, 0.5) is 35.9 Å². The molecule has 0 saturated carbocycles. The van der Waals surface area contributed by atoms with Gasteiger partial charge in [-0.2, -0.15) is 13.2 Å². The van der Waals surface area contributed by atoms with E-state index < -0.39 is 29.2 Å². The Morgan fingerprint density at radius 1 is 0.618 bits per heavy atom. The fourth-order valence-electron chi connectivity index (χ4n) is 5.69. The van der Waals surface area contributed by atoms with Crippen molar-refractivity contribution in [1.82, 2.24) is 9.97 Å². The SMILES string of the molecule is COc1cccc(-c2ncc(Nc3ccc(C(F)(F)F)cc3C(=O)O)cc2C)c1.COc1cccc(-c2ncc(Nc3ccc(C)cc3C(=O)O)cc2C)c1. The van der Waals surface area contributed by atoms with Gasteiger partial charge in [0.1, 0.15) is 11.5 Å². The number of aromatic carboxylic acids is 2. The number of hydrogen-bond acceptors (Lipinski definition) is 8. The van der Waals surface area contributed by atoms with Crippen LogP contribution >= 0.6 is 0 Å². The molecule has 0 radical (unpaired) electrons. The molecule has 2 heterocycles. The monoisotopic (exact) mass is 750 g/mol. The van der Waals surface area contributed by atoms with E-state index in [4.69, 9.17) is 9.47 Å². The van der Waals surface area contributed by atoms with Gasteiger partial charge < -0.3 is 30.3 Å². The lowest BCUT2D eigenvalue weighted by molar-refractivity contribution is -0.137. The molecule has 10 nitrogen and oxygen atoms in total. The number of hydrogen-bond donors (Lipinski definition) is 4. The summed E-state index contributed by atoms with van der Waals surface area (Å²) >= 11 is 0. The van der Waals surface area contributed by atoms with Gasteiger partial charge in [-0.25, -0.2) is 9.59 Å². The van der Waals surface area contributed by atoms with Crippen LogP contribution in [0, 0.1) is 20.8 Å². The highest BCUT2D eigenvalue weighted by atomic mass is 19.4. The topological polar surface area (TPSA) is 143 Å². The van der Waals surface area contributed by atoms with Crippen molar-refractivity contribution in [3.8, 4) is 34.0 Å². The molecule has 2 aromatic heterocycles. The van der Waals surface area contributed by atoms with E-state index in [1.54, 1.807) is 38.6 Å². The number of aryl methyl sites for hydroxylation is 3. The number of carboxylic acids is 2. The van der Waals surface area contributed by atoms with E-state index in [1.807, 2.05) is 81.4 Å². The summed E-state index contributed by atoms with van der Waals surface area (Å²) < 4.78 is 49.1. The van der Waals surface area contributed by atoms with Gasteiger partial charge in [0.2, 0.25) is 0 Å². The number of alkyl halides is 3. The average molecular weight is 751 g/mol. The van der Waals surface area contributed by atoms with E-state index in [9.17, 15) is 33.0 Å². The first-order chi connectivity index (χ1) is 26.2. The summed E-state index contributed by atoms with van der Waals surface area (Å²) in [6.07, 6.45) is -1.43. The molecule has 0 atom stereocenters. The van der Waals surface area contributed by atoms with Crippen LogP contribution in [0.2, 0.25) is 0 Å². The van der Waals surface area contributed by atoms with E-state index in [0.29, 0.717) is 28.9 Å². The maximum atomic E-state index is 12.9. The predicted molar refractivity (Wildman–Crippen MR) is 205 cm³/mol. The second-order valence-electron chi connectivity index (χ2n) is 12.4. The van der Waals surface area contributed by atoms with Crippen molar-refractivity contribution in [1.29, 1.82) is 0 Å². The van der Waals surface area contributed by atoms with Crippen LogP contribution in [0.5, 0.6) is 11.5 Å². The fourth-order valence-corrected chi connectivity index (χ4v) is 5.69. The Bertz CT molecular complexity index is 2360. The summed E-state index contributed by atoms with van der Waals surface area (Å²) in [4.78, 5) is 31.8. The molecule has 282 valence electrons. The molecular weight excluding hydrogens is 713 g/mol. The van der Waals surface area contributed by atoms with Crippen molar-refractivity contribution in [3.63, 3.8) is 0 Å². The first kappa shape index (κ1) is 39.3. The molecule has 0 aliphatic heterocycles. The molecule has 13 heteroatoms. The number of rotatable bonds is 10. The van der Waals surface area contributed by atoms with Crippen molar-refractivity contribution in [2.45, 2.75) is 26.9 Å². The highest BCUT2D eigenvalue weighted by Gasteiger charge is 2.32. The molecule has 6 aromatic rings. The third-order valence-electron chi connectivity index (χ3n) is 8.38. The van der Waals surface area contributed by atoms with Crippen LogP contribution in [0.1, 0.15) is 43.0 Å². The summed E-state index contributed by atoms with van der Waals surface area (Å²) in [5, 5.41) is 24.7. The number of nitrogens with zero attached hydrogens (tertiary/aromatic N) is 2. The molecule has 0 aliphatic carbocycles. The Morgan fingerprint density at radius 3 is 1.49 bits per heavy atom. The molecule has 6 rings (SSSR count). The number of halogens is 3. The van der Waals surface area contributed by atoms with E-state index in [0.717, 1.165) is 57.1 Å². The number of nitrogens with one attached hydrogen (secondary N) is 2. The normalized spacial score (nSPS) is 10.8. The summed E-state index contributed by atoms with van der Waals surface area (Å²) in [7, 11) is 3.20. The van der Waals surface area contributed by atoms with Gasteiger partial charge >= 0.3 is 18.1 Å². The zero-order valence-corrected chi connectivity index (χ0v) is 30.4. The molecule has 0 aliphatic rings. The van der Waals surface area contributed by atoms with Crippen molar-refractivity contribution in [2.24, 2.45) is 0 Å². The number of carboxylic acid groups (broad SMARTS) is 2. The second kappa shape index (κ2) is 16.8. The average Bonchev–Trinajstić information content (AvgIpc) is 3.15. The lowest BCUT2D eigenvalue weighted by Crippen LogP contribution is -2.09. The van der Waals surface area contributed by atoms with Crippen molar-refractivity contribution >= 4 is 34.7 Å². The first-order valence-corrected chi connectivity index (χ1v) is 16.7. The number of aromatic nitrogens is 2. The third-order valence-corrected chi connectivity index (χ3v) is 8.38. The van der Waals surface area contributed by atoms with Crippen molar-refractivity contribution in [2.75, 3.05) is 24.9 Å². The molecule has 0 saturated heterocycles. The summed E-state index contributed by atoms with van der Waals surface area (Å²) in [5.41, 5.74) is 6.56. The van der Waals surface area contributed by atoms with Gasteiger partial charge in [0, 0.05) is 11.1 Å². The molecular formula is C42H37F3N4O6. The maximum absolute atomic E-state index is 12.9. The number of methoxy groups -OCH3 is 2. The van der Waals surface area contributed by atoms with Gasteiger partial charge in [-0.05, 0) is 98.6 Å². The molecule has 0 unspecified atom stereocenters. The third kappa shape index (κ3) is 9.76. The Balaban J connectivity index is 0.000000212. The van der Waals surface area contributed by atoms with Crippen LogP contribution in [0.3, 0.4) is 0 Å². The molecule has 55 heavy (non-hydrogen) atoms. The van der Waals surface area contributed by atoms with Gasteiger partial charge in [-0.15, -0.1) is 0 Å². The van der Waals surface area contributed by atoms with Gasteiger partial charge in [0.25, 0.3) is 0 Å². The lowest BCUT2D eigenvalue weighted by Gasteiger charge is -2.14. The second-order valence-corrected chi connectivity index (χ2v) is 12.4. The molecule has 4 N–H and O–H groups in total. The Hall–Kier alpha value is -6.89. The van der Waals surface area contributed by atoms with E-state index in [-0.39, 0.29) is 11.3 Å².